The molecular formula is C15H12BrF4N. The SMILES string of the molecule is Cc1ccc(Br)cc1C(N)c1ccc(C(F)(F)F)c(F)c1. The molecule has 2 rings (SSSR count). The van der Waals surface area contributed by atoms with E-state index >= 15 is 0 Å². The number of rotatable bonds is 2. The average molecular weight is 362 g/mol. The van der Waals surface area contributed by atoms with Crippen LogP contribution in [0.1, 0.15) is 28.3 Å². The fourth-order valence-corrected chi connectivity index (χ4v) is 2.46. The van der Waals surface area contributed by atoms with Gasteiger partial charge in [-0.3, -0.25) is 0 Å². The first-order valence-electron chi connectivity index (χ1n) is 6.08. The number of benzene rings is 2. The van der Waals surface area contributed by atoms with Crippen LogP contribution < -0.4 is 5.73 Å². The molecule has 0 saturated heterocycles. The van der Waals surface area contributed by atoms with Crippen molar-refractivity contribution < 1.29 is 17.6 Å². The van der Waals surface area contributed by atoms with Gasteiger partial charge in [0.25, 0.3) is 0 Å². The Morgan fingerprint density at radius 1 is 1.10 bits per heavy atom. The summed E-state index contributed by atoms with van der Waals surface area (Å²) in [5.41, 5.74) is 6.66. The van der Waals surface area contributed by atoms with Gasteiger partial charge in [-0.25, -0.2) is 4.39 Å². The zero-order valence-corrected chi connectivity index (χ0v) is 12.6. The molecule has 0 heterocycles. The molecular weight excluding hydrogens is 350 g/mol. The summed E-state index contributed by atoms with van der Waals surface area (Å²) in [5.74, 6) is -1.32. The Bertz CT molecular complexity index is 667. The van der Waals surface area contributed by atoms with Gasteiger partial charge in [0.2, 0.25) is 0 Å². The summed E-state index contributed by atoms with van der Waals surface area (Å²) >= 11 is 3.31. The Kier molecular flexibility index (Phi) is 4.39. The van der Waals surface area contributed by atoms with E-state index in [1.807, 2.05) is 19.1 Å². The van der Waals surface area contributed by atoms with E-state index in [0.29, 0.717) is 5.56 Å². The van der Waals surface area contributed by atoms with E-state index in [-0.39, 0.29) is 0 Å². The van der Waals surface area contributed by atoms with Crippen LogP contribution in [0.15, 0.2) is 40.9 Å². The number of halogens is 5. The second-order valence-corrected chi connectivity index (χ2v) is 5.63. The van der Waals surface area contributed by atoms with E-state index < -0.39 is 23.6 Å². The van der Waals surface area contributed by atoms with Crippen LogP contribution in [0.3, 0.4) is 0 Å². The molecule has 0 aliphatic carbocycles. The van der Waals surface area contributed by atoms with Gasteiger partial charge in [0.05, 0.1) is 11.6 Å². The largest absolute Gasteiger partial charge is 0.419 e. The van der Waals surface area contributed by atoms with E-state index in [4.69, 9.17) is 5.73 Å². The fraction of sp³-hybridized carbons (Fsp3) is 0.200. The van der Waals surface area contributed by atoms with Crippen LogP contribution in [0.2, 0.25) is 0 Å². The lowest BCUT2D eigenvalue weighted by Crippen LogP contribution is -2.15. The van der Waals surface area contributed by atoms with E-state index in [2.05, 4.69) is 15.9 Å². The highest BCUT2D eigenvalue weighted by molar-refractivity contribution is 9.10. The summed E-state index contributed by atoms with van der Waals surface area (Å²) in [5, 5.41) is 0. The summed E-state index contributed by atoms with van der Waals surface area (Å²) < 4.78 is 52.0. The first kappa shape index (κ1) is 16.0. The third-order valence-electron chi connectivity index (χ3n) is 3.23. The van der Waals surface area contributed by atoms with Gasteiger partial charge in [0, 0.05) is 4.47 Å². The zero-order valence-electron chi connectivity index (χ0n) is 11.0. The van der Waals surface area contributed by atoms with Crippen molar-refractivity contribution in [2.24, 2.45) is 5.73 Å². The molecule has 0 fully saturated rings. The van der Waals surface area contributed by atoms with Gasteiger partial charge in [-0.15, -0.1) is 0 Å². The number of nitrogens with two attached hydrogens (primary N) is 1. The highest BCUT2D eigenvalue weighted by Gasteiger charge is 2.34. The van der Waals surface area contributed by atoms with Crippen LogP contribution in [-0.4, -0.2) is 0 Å². The molecule has 2 N–H and O–H groups in total. The highest BCUT2D eigenvalue weighted by Crippen LogP contribution is 2.33. The van der Waals surface area contributed by atoms with Gasteiger partial charge in [0.1, 0.15) is 5.82 Å². The minimum absolute atomic E-state index is 0.293. The summed E-state index contributed by atoms with van der Waals surface area (Å²) in [6.45, 7) is 1.84. The van der Waals surface area contributed by atoms with Crippen LogP contribution in [0.4, 0.5) is 17.6 Å². The van der Waals surface area contributed by atoms with Crippen molar-refractivity contribution in [1.82, 2.24) is 0 Å². The number of aryl methyl sites for hydroxylation is 1. The number of alkyl halides is 3. The standard InChI is InChI=1S/C15H12BrF4N/c1-8-2-4-10(16)7-11(8)14(21)9-3-5-12(13(17)6-9)15(18,19)20/h2-7,14H,21H2,1H3. The lowest BCUT2D eigenvalue weighted by Gasteiger charge is -2.17. The number of hydrogen-bond donors (Lipinski definition) is 1. The third kappa shape index (κ3) is 3.44. The Balaban J connectivity index is 2.43. The van der Waals surface area contributed by atoms with Crippen molar-refractivity contribution in [1.29, 1.82) is 0 Å². The van der Waals surface area contributed by atoms with Gasteiger partial charge in [-0.2, -0.15) is 13.2 Å². The second-order valence-electron chi connectivity index (χ2n) is 4.72. The van der Waals surface area contributed by atoms with Gasteiger partial charge in [-0.05, 0) is 47.9 Å². The van der Waals surface area contributed by atoms with Crippen LogP contribution in [-0.2, 0) is 6.18 Å². The molecule has 1 atom stereocenters. The molecule has 112 valence electrons. The summed E-state index contributed by atoms with van der Waals surface area (Å²) in [6, 6.07) is 7.51. The molecule has 0 spiro atoms. The Hall–Kier alpha value is -1.40. The molecule has 6 heteroatoms. The second kappa shape index (κ2) is 5.77. The van der Waals surface area contributed by atoms with E-state index in [1.54, 1.807) is 6.07 Å². The molecule has 0 saturated carbocycles. The monoisotopic (exact) mass is 361 g/mol. The lowest BCUT2D eigenvalue weighted by atomic mass is 9.95. The minimum atomic E-state index is -4.71. The van der Waals surface area contributed by atoms with Crippen LogP contribution >= 0.6 is 15.9 Å². The quantitative estimate of drug-likeness (QED) is 0.751. The predicted molar refractivity (Wildman–Crippen MR) is 76.3 cm³/mol. The first-order valence-corrected chi connectivity index (χ1v) is 6.87. The van der Waals surface area contributed by atoms with E-state index in [0.717, 1.165) is 27.7 Å². The normalized spacial score (nSPS) is 13.3. The molecule has 0 aromatic heterocycles. The average Bonchev–Trinajstić information content (AvgIpc) is 2.39. The van der Waals surface area contributed by atoms with Gasteiger partial charge >= 0.3 is 6.18 Å². The van der Waals surface area contributed by atoms with Crippen molar-refractivity contribution in [2.45, 2.75) is 19.1 Å². The lowest BCUT2D eigenvalue weighted by molar-refractivity contribution is -0.140. The zero-order chi connectivity index (χ0) is 15.8. The molecule has 0 radical (unpaired) electrons. The summed E-state index contributed by atoms with van der Waals surface area (Å²) in [7, 11) is 0. The maximum Gasteiger partial charge on any atom is 0.419 e. The molecule has 0 bridgehead atoms. The molecule has 2 aromatic rings. The Morgan fingerprint density at radius 3 is 2.33 bits per heavy atom. The molecule has 21 heavy (non-hydrogen) atoms. The highest BCUT2D eigenvalue weighted by atomic mass is 79.9. The molecule has 1 unspecified atom stereocenters. The smallest absolute Gasteiger partial charge is 0.320 e. The topological polar surface area (TPSA) is 26.0 Å². The maximum atomic E-state index is 13.6. The fourth-order valence-electron chi connectivity index (χ4n) is 2.08. The van der Waals surface area contributed by atoms with E-state index in [1.165, 1.54) is 6.07 Å². The molecule has 0 aliphatic rings. The van der Waals surface area contributed by atoms with Crippen LogP contribution in [0.5, 0.6) is 0 Å². The van der Waals surface area contributed by atoms with Crippen molar-refractivity contribution in [3.8, 4) is 0 Å². The van der Waals surface area contributed by atoms with Crippen LogP contribution in [0, 0.1) is 12.7 Å². The van der Waals surface area contributed by atoms with Crippen LogP contribution in [0.25, 0.3) is 0 Å². The van der Waals surface area contributed by atoms with Crippen molar-refractivity contribution >= 4 is 15.9 Å². The maximum absolute atomic E-state index is 13.6. The minimum Gasteiger partial charge on any atom is -0.320 e. The summed E-state index contributed by atoms with van der Waals surface area (Å²) in [6.07, 6.45) is -4.71. The Morgan fingerprint density at radius 2 is 1.76 bits per heavy atom. The molecule has 2 aromatic carbocycles. The van der Waals surface area contributed by atoms with Gasteiger partial charge in [-0.1, -0.05) is 28.1 Å². The number of hydrogen-bond acceptors (Lipinski definition) is 1. The van der Waals surface area contributed by atoms with E-state index in [9.17, 15) is 17.6 Å². The predicted octanol–water partition coefficient (Wildman–Crippen LogP) is 4.96. The Labute approximate surface area is 127 Å². The van der Waals surface area contributed by atoms with Gasteiger partial charge in [0.15, 0.2) is 0 Å². The van der Waals surface area contributed by atoms with Gasteiger partial charge < -0.3 is 5.73 Å². The first-order chi connectivity index (χ1) is 9.70. The molecule has 0 aliphatic heterocycles. The molecule has 0 amide bonds. The summed E-state index contributed by atoms with van der Waals surface area (Å²) in [4.78, 5) is 0. The van der Waals surface area contributed by atoms with Crippen molar-refractivity contribution in [2.75, 3.05) is 0 Å². The van der Waals surface area contributed by atoms with Crippen molar-refractivity contribution in [3.05, 3.63) is 68.9 Å². The van der Waals surface area contributed by atoms with Crippen molar-refractivity contribution in [3.63, 3.8) is 0 Å². The molecule has 1 nitrogen and oxygen atoms in total. The third-order valence-corrected chi connectivity index (χ3v) is 3.73.